The van der Waals surface area contributed by atoms with Gasteiger partial charge in [0.15, 0.2) is 11.6 Å². The zero-order chi connectivity index (χ0) is 10.9. The first-order valence-electron chi connectivity index (χ1n) is 5.12. The SMILES string of the molecule is CC1OCCC1(C)Nc1ncccc1F. The molecule has 1 aromatic rings. The Hall–Kier alpha value is -1.16. The summed E-state index contributed by atoms with van der Waals surface area (Å²) in [6.45, 7) is 4.72. The molecule has 2 rings (SSSR count). The summed E-state index contributed by atoms with van der Waals surface area (Å²) in [5, 5.41) is 3.12. The maximum Gasteiger partial charge on any atom is 0.165 e. The van der Waals surface area contributed by atoms with Gasteiger partial charge in [0.2, 0.25) is 0 Å². The van der Waals surface area contributed by atoms with Crippen LogP contribution in [0.15, 0.2) is 18.3 Å². The second-order valence-corrected chi connectivity index (χ2v) is 4.14. The Morgan fingerprint density at radius 3 is 3.07 bits per heavy atom. The van der Waals surface area contributed by atoms with Crippen LogP contribution in [0.25, 0.3) is 0 Å². The second-order valence-electron chi connectivity index (χ2n) is 4.14. The number of pyridine rings is 1. The predicted octanol–water partition coefficient (Wildman–Crippen LogP) is 2.20. The second kappa shape index (κ2) is 3.77. The first kappa shape index (κ1) is 10.4. The molecule has 2 heterocycles. The summed E-state index contributed by atoms with van der Waals surface area (Å²) in [5.41, 5.74) is -0.227. The number of hydrogen-bond acceptors (Lipinski definition) is 3. The van der Waals surface area contributed by atoms with Crippen LogP contribution in [0, 0.1) is 5.82 Å². The maximum atomic E-state index is 13.4. The van der Waals surface area contributed by atoms with Gasteiger partial charge in [0.1, 0.15) is 0 Å². The van der Waals surface area contributed by atoms with E-state index in [9.17, 15) is 4.39 Å². The molecule has 15 heavy (non-hydrogen) atoms. The molecule has 0 bridgehead atoms. The largest absolute Gasteiger partial charge is 0.376 e. The highest BCUT2D eigenvalue weighted by molar-refractivity contribution is 5.39. The van der Waals surface area contributed by atoms with Crippen molar-refractivity contribution in [3.63, 3.8) is 0 Å². The van der Waals surface area contributed by atoms with Crippen LogP contribution in [-0.2, 0) is 4.74 Å². The minimum atomic E-state index is -0.321. The smallest absolute Gasteiger partial charge is 0.165 e. The number of ether oxygens (including phenoxy) is 1. The Kier molecular flexibility index (Phi) is 2.61. The van der Waals surface area contributed by atoms with E-state index in [4.69, 9.17) is 4.74 Å². The number of rotatable bonds is 2. The summed E-state index contributed by atoms with van der Waals surface area (Å²) in [7, 11) is 0. The molecule has 82 valence electrons. The van der Waals surface area contributed by atoms with Gasteiger partial charge < -0.3 is 10.1 Å². The third kappa shape index (κ3) is 1.95. The van der Waals surface area contributed by atoms with Crippen LogP contribution >= 0.6 is 0 Å². The highest BCUT2D eigenvalue weighted by Gasteiger charge is 2.37. The van der Waals surface area contributed by atoms with E-state index in [0.29, 0.717) is 12.4 Å². The summed E-state index contributed by atoms with van der Waals surface area (Å²) in [6.07, 6.45) is 2.51. The summed E-state index contributed by atoms with van der Waals surface area (Å²) >= 11 is 0. The van der Waals surface area contributed by atoms with Crippen molar-refractivity contribution < 1.29 is 9.13 Å². The third-order valence-corrected chi connectivity index (χ3v) is 3.05. The molecule has 2 atom stereocenters. The lowest BCUT2D eigenvalue weighted by Gasteiger charge is -2.29. The molecular formula is C11H15FN2O. The van der Waals surface area contributed by atoms with Gasteiger partial charge in [0, 0.05) is 12.8 Å². The number of nitrogens with zero attached hydrogens (tertiary/aromatic N) is 1. The molecular weight excluding hydrogens is 195 g/mol. The van der Waals surface area contributed by atoms with Crippen molar-refractivity contribution in [2.24, 2.45) is 0 Å². The lowest BCUT2D eigenvalue weighted by Crippen LogP contribution is -2.41. The van der Waals surface area contributed by atoms with Gasteiger partial charge >= 0.3 is 0 Å². The molecule has 1 aliphatic heterocycles. The lowest BCUT2D eigenvalue weighted by molar-refractivity contribution is 0.105. The Morgan fingerprint density at radius 1 is 1.67 bits per heavy atom. The van der Waals surface area contributed by atoms with Gasteiger partial charge in [-0.2, -0.15) is 0 Å². The molecule has 0 radical (unpaired) electrons. The Morgan fingerprint density at radius 2 is 2.47 bits per heavy atom. The molecule has 1 N–H and O–H groups in total. The Bertz CT molecular complexity index is 358. The predicted molar refractivity (Wildman–Crippen MR) is 56.3 cm³/mol. The zero-order valence-electron chi connectivity index (χ0n) is 8.96. The fourth-order valence-electron chi connectivity index (χ4n) is 1.75. The molecule has 0 amide bonds. The van der Waals surface area contributed by atoms with Crippen LogP contribution < -0.4 is 5.32 Å². The van der Waals surface area contributed by atoms with Crippen molar-refractivity contribution in [3.8, 4) is 0 Å². The first-order valence-corrected chi connectivity index (χ1v) is 5.12. The van der Waals surface area contributed by atoms with Crippen LogP contribution in [0.1, 0.15) is 20.3 Å². The average molecular weight is 210 g/mol. The normalized spacial score (nSPS) is 30.5. The van der Waals surface area contributed by atoms with Gasteiger partial charge in [0.25, 0.3) is 0 Å². The zero-order valence-corrected chi connectivity index (χ0v) is 8.96. The molecule has 4 heteroatoms. The standard InChI is InChI=1S/C11H15FN2O/c1-8-11(2,5-7-15-8)14-10-9(12)4-3-6-13-10/h3-4,6,8H,5,7H2,1-2H3,(H,13,14). The molecule has 0 spiro atoms. The van der Waals surface area contributed by atoms with E-state index in [2.05, 4.69) is 10.3 Å². The van der Waals surface area contributed by atoms with Gasteiger partial charge in [-0.1, -0.05) is 0 Å². The molecule has 1 fully saturated rings. The molecule has 0 aromatic carbocycles. The quantitative estimate of drug-likeness (QED) is 0.812. The number of anilines is 1. The van der Waals surface area contributed by atoms with Gasteiger partial charge in [-0.25, -0.2) is 9.37 Å². The average Bonchev–Trinajstić information content (AvgIpc) is 2.51. The van der Waals surface area contributed by atoms with Crippen molar-refractivity contribution in [1.29, 1.82) is 0 Å². The fourth-order valence-corrected chi connectivity index (χ4v) is 1.75. The van der Waals surface area contributed by atoms with Crippen molar-refractivity contribution in [1.82, 2.24) is 4.98 Å². The Balaban J connectivity index is 2.18. The van der Waals surface area contributed by atoms with Crippen LogP contribution in [0.5, 0.6) is 0 Å². The molecule has 0 aliphatic carbocycles. The van der Waals surface area contributed by atoms with E-state index in [1.54, 1.807) is 12.3 Å². The van der Waals surface area contributed by atoms with Crippen molar-refractivity contribution >= 4 is 5.82 Å². The minimum Gasteiger partial charge on any atom is -0.376 e. The molecule has 1 saturated heterocycles. The van der Waals surface area contributed by atoms with E-state index in [1.165, 1.54) is 6.07 Å². The molecule has 2 unspecified atom stereocenters. The number of aromatic nitrogens is 1. The van der Waals surface area contributed by atoms with E-state index in [0.717, 1.165) is 6.42 Å². The first-order chi connectivity index (χ1) is 7.12. The molecule has 1 aliphatic rings. The van der Waals surface area contributed by atoms with E-state index < -0.39 is 0 Å². The highest BCUT2D eigenvalue weighted by Crippen LogP contribution is 2.29. The van der Waals surface area contributed by atoms with E-state index in [-0.39, 0.29) is 17.5 Å². The van der Waals surface area contributed by atoms with Crippen LogP contribution in [0.2, 0.25) is 0 Å². The highest BCUT2D eigenvalue weighted by atomic mass is 19.1. The Labute approximate surface area is 88.7 Å². The number of halogens is 1. The maximum absolute atomic E-state index is 13.4. The van der Waals surface area contributed by atoms with Gasteiger partial charge in [0.05, 0.1) is 11.6 Å². The van der Waals surface area contributed by atoms with Crippen molar-refractivity contribution in [2.45, 2.75) is 31.9 Å². The van der Waals surface area contributed by atoms with Gasteiger partial charge in [-0.3, -0.25) is 0 Å². The molecule has 3 nitrogen and oxygen atoms in total. The molecule has 0 saturated carbocycles. The number of nitrogens with one attached hydrogen (secondary N) is 1. The topological polar surface area (TPSA) is 34.1 Å². The van der Waals surface area contributed by atoms with Crippen molar-refractivity contribution in [3.05, 3.63) is 24.1 Å². The summed E-state index contributed by atoms with van der Waals surface area (Å²) in [6, 6.07) is 2.98. The summed E-state index contributed by atoms with van der Waals surface area (Å²) < 4.78 is 18.8. The molecule has 1 aromatic heterocycles. The van der Waals surface area contributed by atoms with Crippen LogP contribution in [-0.4, -0.2) is 23.2 Å². The van der Waals surface area contributed by atoms with E-state index >= 15 is 0 Å². The third-order valence-electron chi connectivity index (χ3n) is 3.05. The van der Waals surface area contributed by atoms with Crippen molar-refractivity contribution in [2.75, 3.05) is 11.9 Å². The monoisotopic (exact) mass is 210 g/mol. The number of hydrogen-bond donors (Lipinski definition) is 1. The van der Waals surface area contributed by atoms with Crippen LogP contribution in [0.3, 0.4) is 0 Å². The lowest BCUT2D eigenvalue weighted by atomic mass is 9.95. The summed E-state index contributed by atoms with van der Waals surface area (Å²) in [5.74, 6) is -0.0184. The minimum absolute atomic E-state index is 0.0684. The van der Waals surface area contributed by atoms with Crippen LogP contribution in [0.4, 0.5) is 10.2 Å². The fraction of sp³-hybridized carbons (Fsp3) is 0.545. The summed E-state index contributed by atoms with van der Waals surface area (Å²) in [4.78, 5) is 3.98. The van der Waals surface area contributed by atoms with E-state index in [1.807, 2.05) is 13.8 Å². The van der Waals surface area contributed by atoms with Gasteiger partial charge in [-0.05, 0) is 32.4 Å². The van der Waals surface area contributed by atoms with Gasteiger partial charge in [-0.15, -0.1) is 0 Å².